The van der Waals surface area contributed by atoms with Gasteiger partial charge in [0.15, 0.2) is 0 Å². The fourth-order valence-electron chi connectivity index (χ4n) is 19.1. The van der Waals surface area contributed by atoms with Crippen LogP contribution in [0.5, 0.6) is 0 Å². The Morgan fingerprint density at radius 2 is 0.887 bits per heavy atom. The highest BCUT2D eigenvalue weighted by Crippen LogP contribution is 2.54. The van der Waals surface area contributed by atoms with Crippen molar-refractivity contribution in [2.45, 2.75) is 236 Å². The van der Waals surface area contributed by atoms with Crippen LogP contribution in [0, 0.1) is 28.1 Å². The second-order valence-electron chi connectivity index (χ2n) is 28.3. The zero-order valence-electron chi connectivity index (χ0n) is 49.5. The van der Waals surface area contributed by atoms with Crippen molar-refractivity contribution in [2.75, 3.05) is 98.4 Å². The van der Waals surface area contributed by atoms with Crippen molar-refractivity contribution in [3.8, 4) is 0 Å². The van der Waals surface area contributed by atoms with Crippen molar-refractivity contribution in [1.82, 2.24) is 44.1 Å². The first-order chi connectivity index (χ1) is 38.7. The van der Waals surface area contributed by atoms with Gasteiger partial charge in [-0.3, -0.25) is 14.5 Å². The Kier molecular flexibility index (Phi) is 16.8. The van der Waals surface area contributed by atoms with Crippen LogP contribution in [0.3, 0.4) is 0 Å². The minimum absolute atomic E-state index is 0.0887. The third kappa shape index (κ3) is 11.2. The van der Waals surface area contributed by atoms with E-state index < -0.39 is 0 Å². The van der Waals surface area contributed by atoms with E-state index >= 15 is 0 Å². The third-order valence-corrected chi connectivity index (χ3v) is 23.7. The molecule has 6 atom stereocenters. The molecule has 12 rings (SSSR count). The maximum absolute atomic E-state index is 14.0. The average molecular weight is 1120 g/mol. The number of rotatable bonds is 15. The van der Waals surface area contributed by atoms with Crippen molar-refractivity contribution in [3.63, 3.8) is 0 Å². The maximum atomic E-state index is 14.0. The predicted molar refractivity (Wildman–Crippen MR) is 302 cm³/mol. The number of piperidine rings is 3. The van der Waals surface area contributed by atoms with E-state index in [0.29, 0.717) is 56.3 Å². The number of nitrogens with zero attached hydrogens (tertiary/aromatic N) is 9. The number of hydrogen-bond donors (Lipinski definition) is 1. The lowest BCUT2D eigenvalue weighted by Gasteiger charge is -2.52. The van der Waals surface area contributed by atoms with Crippen LogP contribution in [0.1, 0.15) is 175 Å². The monoisotopic (exact) mass is 1120 g/mol. The summed E-state index contributed by atoms with van der Waals surface area (Å²) in [5, 5.41) is 10.7. The smallest absolute Gasteiger partial charge is 0.409 e. The molecule has 0 aromatic rings. The topological polar surface area (TPSA) is 162 Å². The van der Waals surface area contributed by atoms with E-state index in [1.807, 2.05) is 21.6 Å². The van der Waals surface area contributed by atoms with Crippen molar-refractivity contribution in [2.24, 2.45) is 28.1 Å². The Bertz CT molecular complexity index is 2210. The number of aliphatic hydroxyl groups is 1. The fourth-order valence-corrected chi connectivity index (χ4v) is 19.1. The van der Waals surface area contributed by atoms with Crippen LogP contribution >= 0.6 is 0 Å². The molecule has 0 aromatic carbocycles. The second kappa shape index (κ2) is 23.5. The Balaban J connectivity index is 0.508. The van der Waals surface area contributed by atoms with Gasteiger partial charge in [0.1, 0.15) is 6.23 Å². The molecule has 0 bridgehead atoms. The largest absolute Gasteiger partial charge is 0.450 e. The van der Waals surface area contributed by atoms with Crippen LogP contribution < -0.4 is 0 Å². The van der Waals surface area contributed by atoms with Gasteiger partial charge in [0.2, 0.25) is 11.8 Å². The molecule has 3 saturated carbocycles. The molecule has 5 amide bonds. The standard InChI is InChI=1S/C62H101N9O9/c1-5-46-8-9-54(72)70(46)49-12-23-64(24-13-49)52-38-62(39-52)19-28-67(41-62)58(76)79-30-16-44-32-43(4)69(55(44)73)48-10-21-63(22-11-48)51-36-61(37-51)20-29-68(42-61)59(77)80-31-17-45-33-47(6-2)71(56(45)74)50-14-25-65(26-15-50)53-34-60(35-53)18-27-66(40-60)57(75)78-7-3/h43-54,72H,5-42H2,1-4H3. The van der Waals surface area contributed by atoms with Crippen LogP contribution in [-0.2, 0) is 23.8 Å². The van der Waals surface area contributed by atoms with Gasteiger partial charge >= 0.3 is 18.3 Å². The number of carbonyl (C=O) groups is 5. The molecule has 1 N–H and O–H groups in total. The van der Waals surface area contributed by atoms with E-state index in [0.717, 1.165) is 213 Å². The molecule has 18 nitrogen and oxygen atoms in total. The number of hydrogen-bond acceptors (Lipinski definition) is 13. The number of aliphatic hydroxyl groups excluding tert-OH is 1. The van der Waals surface area contributed by atoms with Crippen LogP contribution in [0.2, 0.25) is 0 Å². The molecule has 9 saturated heterocycles. The first-order valence-electron chi connectivity index (χ1n) is 32.8. The highest BCUT2D eigenvalue weighted by atomic mass is 16.6. The normalized spacial score (nSPS) is 38.9. The molecule has 12 fully saturated rings. The first kappa shape index (κ1) is 57.0. The van der Waals surface area contributed by atoms with Gasteiger partial charge < -0.3 is 58.5 Å². The van der Waals surface area contributed by atoms with E-state index in [1.165, 1.54) is 0 Å². The van der Waals surface area contributed by atoms with Crippen LogP contribution in [0.25, 0.3) is 0 Å². The van der Waals surface area contributed by atoms with Gasteiger partial charge in [-0.15, -0.1) is 0 Å². The molecule has 0 radical (unpaired) electrons. The maximum Gasteiger partial charge on any atom is 0.409 e. The molecule has 6 unspecified atom stereocenters. The Labute approximate surface area is 478 Å². The second-order valence-corrected chi connectivity index (χ2v) is 28.3. The fraction of sp³-hybridized carbons (Fsp3) is 0.919. The third-order valence-electron chi connectivity index (χ3n) is 23.7. The Morgan fingerprint density at radius 1 is 0.487 bits per heavy atom. The van der Waals surface area contributed by atoms with Gasteiger partial charge in [-0.05, 0) is 191 Å². The lowest BCUT2D eigenvalue weighted by molar-refractivity contribution is -0.136. The van der Waals surface area contributed by atoms with E-state index in [9.17, 15) is 29.1 Å². The summed E-state index contributed by atoms with van der Waals surface area (Å²) >= 11 is 0. The van der Waals surface area contributed by atoms with Crippen molar-refractivity contribution < 1.29 is 43.3 Å². The van der Waals surface area contributed by atoms with Gasteiger partial charge in [0, 0.05) is 132 Å². The summed E-state index contributed by atoms with van der Waals surface area (Å²) in [7, 11) is 0. The molecule has 9 aliphatic heterocycles. The number of ether oxygens (including phenoxy) is 3. The SMILES string of the molecule is CCOC(=O)N1CCC2(CC(N3CCC(N4C(=O)C(CCOC(=O)N5CCC6(CC(N7CCC(N8C(=O)C(CCOC(=O)N9CCC%10(CC(N%11CCC(N%12C(O)CCC%12CC)CC%11)C%10)C9)CC8C)CC7)C6)C5)CC4CC)CC3)C2)C1. The van der Waals surface area contributed by atoms with Gasteiger partial charge in [-0.2, -0.15) is 0 Å². The summed E-state index contributed by atoms with van der Waals surface area (Å²) in [4.78, 5) is 87.5. The molecule has 18 heteroatoms. The lowest BCUT2D eigenvalue weighted by Crippen LogP contribution is -2.57. The predicted octanol–water partition coefficient (Wildman–Crippen LogP) is 7.21. The minimum atomic E-state index is -0.266. The van der Waals surface area contributed by atoms with Gasteiger partial charge in [-0.25, -0.2) is 14.4 Å². The quantitative estimate of drug-likeness (QED) is 0.164. The highest BCUT2D eigenvalue weighted by Gasteiger charge is 2.56. The molecule has 0 aromatic heterocycles. The van der Waals surface area contributed by atoms with Gasteiger partial charge in [0.05, 0.1) is 19.8 Å². The molecule has 80 heavy (non-hydrogen) atoms. The first-order valence-corrected chi connectivity index (χ1v) is 32.8. The summed E-state index contributed by atoms with van der Waals surface area (Å²) in [5.41, 5.74) is 0.641. The Morgan fingerprint density at radius 3 is 1.32 bits per heavy atom. The molecule has 3 spiro atoms. The summed E-state index contributed by atoms with van der Waals surface area (Å²) < 4.78 is 17.1. The zero-order chi connectivity index (χ0) is 55.5. The molecule has 12 aliphatic rings. The van der Waals surface area contributed by atoms with E-state index in [-0.39, 0.29) is 95.2 Å². The average Bonchev–Trinajstić information content (AvgIpc) is 4.33. The minimum Gasteiger partial charge on any atom is -0.450 e. The molecular formula is C62H101N9O9. The van der Waals surface area contributed by atoms with Gasteiger partial charge in [-0.1, -0.05) is 13.8 Å². The van der Waals surface area contributed by atoms with Gasteiger partial charge in [0.25, 0.3) is 0 Å². The zero-order valence-corrected chi connectivity index (χ0v) is 49.5. The summed E-state index contributed by atoms with van der Waals surface area (Å²) in [5.74, 6) is 0.311. The van der Waals surface area contributed by atoms with Crippen LogP contribution in [-0.4, -0.2) is 238 Å². The van der Waals surface area contributed by atoms with E-state index in [2.05, 4.69) is 50.2 Å². The lowest BCUT2D eigenvalue weighted by atomic mass is 9.64. The van der Waals surface area contributed by atoms with E-state index in [4.69, 9.17) is 14.2 Å². The molecular weight excluding hydrogens is 1010 g/mol. The van der Waals surface area contributed by atoms with Crippen molar-refractivity contribution in [1.29, 1.82) is 0 Å². The van der Waals surface area contributed by atoms with E-state index in [1.54, 1.807) is 0 Å². The molecule has 9 heterocycles. The van der Waals surface area contributed by atoms with Crippen LogP contribution in [0.15, 0.2) is 0 Å². The number of likely N-dealkylation sites (tertiary alicyclic amines) is 9. The van der Waals surface area contributed by atoms with Crippen LogP contribution in [0.4, 0.5) is 14.4 Å². The number of carbonyl (C=O) groups excluding carboxylic acids is 5. The summed E-state index contributed by atoms with van der Waals surface area (Å²) in [6.45, 7) is 20.4. The summed E-state index contributed by atoms with van der Waals surface area (Å²) in [6.07, 6.45) is 22.3. The number of amides is 5. The molecule has 448 valence electrons. The highest BCUT2D eigenvalue weighted by molar-refractivity contribution is 5.82. The Hall–Kier alpha value is -3.45. The van der Waals surface area contributed by atoms with Crippen molar-refractivity contribution >= 4 is 30.1 Å². The summed E-state index contributed by atoms with van der Waals surface area (Å²) in [6, 6.07) is 3.71. The molecule has 3 aliphatic carbocycles. The van der Waals surface area contributed by atoms with Crippen molar-refractivity contribution in [3.05, 3.63) is 0 Å².